The molecule has 0 aliphatic heterocycles. The van der Waals surface area contributed by atoms with Gasteiger partial charge in [-0.25, -0.2) is 13.5 Å². The third-order valence-corrected chi connectivity index (χ3v) is 3.64. The Bertz CT molecular complexity index is 966. The fourth-order valence-corrected chi connectivity index (χ4v) is 2.22. The second-order valence-electron chi connectivity index (χ2n) is 5.27. The number of benzene rings is 2. The molecular weight excluding hydrogens is 390 g/mol. The van der Waals surface area contributed by atoms with E-state index in [2.05, 4.69) is 10.4 Å². The van der Waals surface area contributed by atoms with E-state index in [1.54, 1.807) is 24.3 Å². The largest absolute Gasteiger partial charge is 0.465 e. The Kier molecular flexibility index (Phi) is 5.31. The van der Waals surface area contributed by atoms with Gasteiger partial charge in [0.05, 0.1) is 0 Å². The highest BCUT2D eigenvalue weighted by Gasteiger charge is 2.21. The predicted octanol–water partition coefficient (Wildman–Crippen LogP) is 4.38. The lowest BCUT2D eigenvalue weighted by molar-refractivity contribution is 0.102. The van der Waals surface area contributed by atoms with E-state index in [1.807, 2.05) is 0 Å². The standard InChI is InChI=1S/C17H10ClF4N3O2/c18-9-1-3-10(4-2-9)23-17(26)13-5-6-25(24-13)8-27-16-14(21)11(19)7-12(20)15(16)22/h1-7H,8H2,(H,23,26). The van der Waals surface area contributed by atoms with Crippen LogP contribution < -0.4 is 10.1 Å². The van der Waals surface area contributed by atoms with Crippen LogP contribution in [0, 0.1) is 23.3 Å². The fraction of sp³-hybridized carbons (Fsp3) is 0.0588. The number of rotatable bonds is 5. The highest BCUT2D eigenvalue weighted by molar-refractivity contribution is 6.30. The Morgan fingerprint density at radius 1 is 1.07 bits per heavy atom. The van der Waals surface area contributed by atoms with Crippen molar-refractivity contribution in [2.24, 2.45) is 0 Å². The molecule has 0 bridgehead atoms. The number of amides is 1. The summed E-state index contributed by atoms with van der Waals surface area (Å²) in [6, 6.07) is 7.75. The maximum absolute atomic E-state index is 13.5. The minimum atomic E-state index is -1.67. The average Bonchev–Trinajstić information content (AvgIpc) is 3.11. The lowest BCUT2D eigenvalue weighted by atomic mass is 10.3. The van der Waals surface area contributed by atoms with E-state index >= 15 is 0 Å². The van der Waals surface area contributed by atoms with Gasteiger partial charge < -0.3 is 10.1 Å². The first-order valence-electron chi connectivity index (χ1n) is 7.41. The number of halogens is 5. The summed E-state index contributed by atoms with van der Waals surface area (Å²) < 4.78 is 59.2. The monoisotopic (exact) mass is 399 g/mol. The average molecular weight is 400 g/mol. The lowest BCUT2D eigenvalue weighted by Crippen LogP contribution is -2.14. The lowest BCUT2D eigenvalue weighted by Gasteiger charge is -2.09. The third kappa shape index (κ3) is 4.20. The Hall–Kier alpha value is -3.07. The summed E-state index contributed by atoms with van der Waals surface area (Å²) in [7, 11) is 0. The zero-order chi connectivity index (χ0) is 19.6. The summed E-state index contributed by atoms with van der Waals surface area (Å²) in [4.78, 5) is 12.1. The van der Waals surface area contributed by atoms with Gasteiger partial charge in [0.15, 0.2) is 29.8 Å². The van der Waals surface area contributed by atoms with Crippen molar-refractivity contribution in [3.8, 4) is 5.75 Å². The molecule has 0 fully saturated rings. The highest BCUT2D eigenvalue weighted by Crippen LogP contribution is 2.26. The number of aromatic nitrogens is 2. The molecule has 0 atom stereocenters. The van der Waals surface area contributed by atoms with Crippen LogP contribution in [0.1, 0.15) is 10.5 Å². The first-order chi connectivity index (χ1) is 12.8. The van der Waals surface area contributed by atoms with Crippen LogP contribution in [0.2, 0.25) is 5.02 Å². The van der Waals surface area contributed by atoms with E-state index in [0.717, 1.165) is 4.68 Å². The SMILES string of the molecule is O=C(Nc1ccc(Cl)cc1)c1ccn(COc2c(F)c(F)cc(F)c2F)n1. The quantitative estimate of drug-likeness (QED) is 0.511. The van der Waals surface area contributed by atoms with Crippen molar-refractivity contribution in [2.75, 3.05) is 5.32 Å². The summed E-state index contributed by atoms with van der Waals surface area (Å²) in [5, 5.41) is 6.94. The number of nitrogens with one attached hydrogen (secondary N) is 1. The van der Waals surface area contributed by atoms with Gasteiger partial charge in [0.25, 0.3) is 5.91 Å². The van der Waals surface area contributed by atoms with Gasteiger partial charge in [-0.15, -0.1) is 0 Å². The summed E-state index contributed by atoms with van der Waals surface area (Å²) in [5.74, 6) is -8.27. The topological polar surface area (TPSA) is 56.2 Å². The summed E-state index contributed by atoms with van der Waals surface area (Å²) >= 11 is 5.75. The molecule has 3 rings (SSSR count). The fourth-order valence-electron chi connectivity index (χ4n) is 2.09. The molecule has 5 nitrogen and oxygen atoms in total. The van der Waals surface area contributed by atoms with Crippen molar-refractivity contribution in [3.05, 3.63) is 76.6 Å². The molecule has 0 aliphatic carbocycles. The number of carbonyl (C=O) groups is 1. The highest BCUT2D eigenvalue weighted by atomic mass is 35.5. The van der Waals surface area contributed by atoms with E-state index in [1.165, 1.54) is 12.3 Å². The normalized spacial score (nSPS) is 10.7. The molecule has 0 saturated heterocycles. The van der Waals surface area contributed by atoms with E-state index in [-0.39, 0.29) is 11.8 Å². The number of hydrogen-bond acceptors (Lipinski definition) is 3. The molecule has 1 aromatic heterocycles. The van der Waals surface area contributed by atoms with Gasteiger partial charge in [0.1, 0.15) is 0 Å². The van der Waals surface area contributed by atoms with Crippen LogP contribution in [-0.4, -0.2) is 15.7 Å². The van der Waals surface area contributed by atoms with Crippen molar-refractivity contribution >= 4 is 23.2 Å². The summed E-state index contributed by atoms with van der Waals surface area (Å²) in [6.07, 6.45) is 1.29. The number of ether oxygens (including phenoxy) is 1. The maximum atomic E-state index is 13.5. The first kappa shape index (κ1) is 18.7. The Morgan fingerprint density at radius 3 is 2.33 bits per heavy atom. The molecule has 0 unspecified atom stereocenters. The van der Waals surface area contributed by atoms with Gasteiger partial charge in [-0.1, -0.05) is 11.6 Å². The third-order valence-electron chi connectivity index (χ3n) is 3.39. The van der Waals surface area contributed by atoms with E-state index < -0.39 is 41.7 Å². The van der Waals surface area contributed by atoms with Crippen LogP contribution in [-0.2, 0) is 6.73 Å². The molecule has 140 valence electrons. The smallest absolute Gasteiger partial charge is 0.276 e. The van der Waals surface area contributed by atoms with Gasteiger partial charge >= 0.3 is 0 Å². The van der Waals surface area contributed by atoms with Crippen LogP contribution in [0.4, 0.5) is 23.2 Å². The first-order valence-corrected chi connectivity index (χ1v) is 7.79. The molecule has 27 heavy (non-hydrogen) atoms. The van der Waals surface area contributed by atoms with Crippen molar-refractivity contribution < 1.29 is 27.1 Å². The molecular formula is C17H10ClF4N3O2. The minimum absolute atomic E-state index is 0.0140. The molecule has 10 heteroatoms. The Labute approximate surface area is 155 Å². The van der Waals surface area contributed by atoms with Gasteiger partial charge in [-0.3, -0.25) is 4.79 Å². The van der Waals surface area contributed by atoms with E-state index in [0.29, 0.717) is 10.7 Å². The van der Waals surface area contributed by atoms with Gasteiger partial charge in [0, 0.05) is 23.0 Å². The molecule has 0 saturated carbocycles. The summed E-state index contributed by atoms with van der Waals surface area (Å²) in [6.45, 7) is -0.578. The zero-order valence-electron chi connectivity index (χ0n) is 13.3. The van der Waals surface area contributed by atoms with Crippen LogP contribution in [0.15, 0.2) is 42.6 Å². The molecule has 0 spiro atoms. The molecule has 0 radical (unpaired) electrons. The Morgan fingerprint density at radius 2 is 1.70 bits per heavy atom. The minimum Gasteiger partial charge on any atom is -0.465 e. The Balaban J connectivity index is 1.68. The predicted molar refractivity (Wildman–Crippen MR) is 88.5 cm³/mol. The van der Waals surface area contributed by atoms with Crippen molar-refractivity contribution in [2.45, 2.75) is 6.73 Å². The van der Waals surface area contributed by atoms with Crippen LogP contribution in [0.5, 0.6) is 5.75 Å². The molecule has 1 N–H and O–H groups in total. The molecule has 1 heterocycles. The molecule has 1 amide bonds. The van der Waals surface area contributed by atoms with E-state index in [4.69, 9.17) is 16.3 Å². The second-order valence-corrected chi connectivity index (χ2v) is 5.71. The zero-order valence-corrected chi connectivity index (χ0v) is 14.1. The van der Waals surface area contributed by atoms with E-state index in [9.17, 15) is 22.4 Å². The van der Waals surface area contributed by atoms with Crippen LogP contribution in [0.25, 0.3) is 0 Å². The molecule has 2 aromatic carbocycles. The maximum Gasteiger partial charge on any atom is 0.276 e. The van der Waals surface area contributed by atoms with Crippen molar-refractivity contribution in [1.82, 2.24) is 9.78 Å². The van der Waals surface area contributed by atoms with Gasteiger partial charge in [0.2, 0.25) is 11.6 Å². The van der Waals surface area contributed by atoms with Gasteiger partial charge in [-0.2, -0.15) is 13.9 Å². The van der Waals surface area contributed by atoms with Crippen molar-refractivity contribution in [3.63, 3.8) is 0 Å². The van der Waals surface area contributed by atoms with Gasteiger partial charge in [-0.05, 0) is 30.3 Å². The number of carbonyl (C=O) groups excluding carboxylic acids is 1. The molecule has 0 aliphatic rings. The number of anilines is 1. The second kappa shape index (κ2) is 7.67. The van der Waals surface area contributed by atoms with Crippen LogP contribution >= 0.6 is 11.6 Å². The number of hydrogen-bond donors (Lipinski definition) is 1. The van der Waals surface area contributed by atoms with Crippen molar-refractivity contribution in [1.29, 1.82) is 0 Å². The summed E-state index contributed by atoms with van der Waals surface area (Å²) in [5.41, 5.74) is 0.467. The van der Waals surface area contributed by atoms with Crippen LogP contribution in [0.3, 0.4) is 0 Å². The number of nitrogens with zero attached hydrogens (tertiary/aromatic N) is 2. The molecule has 3 aromatic rings.